The van der Waals surface area contributed by atoms with Crippen LogP contribution in [-0.4, -0.2) is 6.04 Å². The molecule has 0 saturated carbocycles. The summed E-state index contributed by atoms with van der Waals surface area (Å²) in [5, 5.41) is 0. The lowest BCUT2D eigenvalue weighted by atomic mass is 9.85. The first-order chi connectivity index (χ1) is 7.42. The lowest BCUT2D eigenvalue weighted by molar-refractivity contribution is 0.308. The van der Waals surface area contributed by atoms with Gasteiger partial charge >= 0.3 is 0 Å². The lowest BCUT2D eigenvalue weighted by Gasteiger charge is -2.26. The number of hydrogen-bond donors (Lipinski definition) is 2. The van der Waals surface area contributed by atoms with Gasteiger partial charge in [0.05, 0.1) is 0 Å². The number of hydrogen-bond acceptors (Lipinski definition) is 2. The topological polar surface area (TPSA) is 38.0 Å². The van der Waals surface area contributed by atoms with Gasteiger partial charge in [-0.15, -0.1) is 0 Å². The van der Waals surface area contributed by atoms with Gasteiger partial charge in [-0.05, 0) is 36.3 Å². The van der Waals surface area contributed by atoms with Crippen LogP contribution in [0, 0.1) is 12.3 Å². The van der Waals surface area contributed by atoms with Crippen LogP contribution in [0.5, 0.6) is 0 Å². The standard InChI is InChI=1S/C14H24N2/c1-11-7-5-6-8-12(11)9-13(16-15)10-14(2,3)4/h5-8,13,16H,9-10,15H2,1-4H3. The van der Waals surface area contributed by atoms with Crippen molar-refractivity contribution >= 4 is 0 Å². The third-order valence-electron chi connectivity index (χ3n) is 2.82. The number of rotatable bonds is 4. The van der Waals surface area contributed by atoms with Crippen LogP contribution in [-0.2, 0) is 6.42 Å². The highest BCUT2D eigenvalue weighted by atomic mass is 15.2. The first kappa shape index (κ1) is 13.2. The number of benzene rings is 1. The van der Waals surface area contributed by atoms with Gasteiger partial charge in [0.25, 0.3) is 0 Å². The lowest BCUT2D eigenvalue weighted by Crippen LogP contribution is -2.39. The van der Waals surface area contributed by atoms with Crippen molar-refractivity contribution in [1.29, 1.82) is 0 Å². The molecule has 1 aromatic carbocycles. The summed E-state index contributed by atoms with van der Waals surface area (Å²) in [6, 6.07) is 8.85. The van der Waals surface area contributed by atoms with E-state index >= 15 is 0 Å². The van der Waals surface area contributed by atoms with Crippen molar-refractivity contribution in [3.63, 3.8) is 0 Å². The van der Waals surface area contributed by atoms with E-state index < -0.39 is 0 Å². The molecule has 3 N–H and O–H groups in total. The van der Waals surface area contributed by atoms with Gasteiger partial charge in [0.15, 0.2) is 0 Å². The van der Waals surface area contributed by atoms with Gasteiger partial charge in [0.1, 0.15) is 0 Å². The minimum absolute atomic E-state index is 0.305. The second-order valence-corrected chi connectivity index (χ2v) is 5.76. The molecule has 0 aliphatic carbocycles. The Balaban J connectivity index is 2.67. The Morgan fingerprint density at radius 3 is 2.38 bits per heavy atom. The van der Waals surface area contributed by atoms with Crippen molar-refractivity contribution in [2.45, 2.75) is 46.6 Å². The molecule has 1 atom stereocenters. The number of nitrogens with one attached hydrogen (secondary N) is 1. The van der Waals surface area contributed by atoms with Gasteiger partial charge in [-0.1, -0.05) is 45.0 Å². The molecular formula is C14H24N2. The summed E-state index contributed by atoms with van der Waals surface area (Å²) < 4.78 is 0. The molecule has 0 aliphatic heterocycles. The molecule has 0 amide bonds. The van der Waals surface area contributed by atoms with Crippen molar-refractivity contribution in [3.8, 4) is 0 Å². The highest BCUT2D eigenvalue weighted by Crippen LogP contribution is 2.22. The van der Waals surface area contributed by atoms with E-state index in [4.69, 9.17) is 5.84 Å². The van der Waals surface area contributed by atoms with Crippen LogP contribution >= 0.6 is 0 Å². The zero-order chi connectivity index (χ0) is 12.2. The number of nitrogens with two attached hydrogens (primary N) is 1. The smallest absolute Gasteiger partial charge is 0.0256 e. The summed E-state index contributed by atoms with van der Waals surface area (Å²) in [5.74, 6) is 5.63. The maximum Gasteiger partial charge on any atom is 0.0256 e. The highest BCUT2D eigenvalue weighted by molar-refractivity contribution is 5.26. The molecule has 2 nitrogen and oxygen atoms in total. The quantitative estimate of drug-likeness (QED) is 0.605. The summed E-state index contributed by atoms with van der Waals surface area (Å²) in [6.07, 6.45) is 2.08. The molecule has 16 heavy (non-hydrogen) atoms. The second-order valence-electron chi connectivity index (χ2n) is 5.76. The fourth-order valence-corrected chi connectivity index (χ4v) is 2.03. The zero-order valence-corrected chi connectivity index (χ0v) is 10.9. The Labute approximate surface area is 99.2 Å². The van der Waals surface area contributed by atoms with Crippen molar-refractivity contribution in [1.82, 2.24) is 5.43 Å². The molecule has 0 bridgehead atoms. The van der Waals surface area contributed by atoms with Gasteiger partial charge in [0.2, 0.25) is 0 Å². The highest BCUT2D eigenvalue weighted by Gasteiger charge is 2.18. The van der Waals surface area contributed by atoms with Gasteiger partial charge < -0.3 is 0 Å². The minimum atomic E-state index is 0.305. The van der Waals surface area contributed by atoms with Crippen LogP contribution in [0.2, 0.25) is 0 Å². The van der Waals surface area contributed by atoms with E-state index in [1.54, 1.807) is 0 Å². The fraction of sp³-hybridized carbons (Fsp3) is 0.571. The van der Waals surface area contributed by atoms with Crippen LogP contribution in [0.15, 0.2) is 24.3 Å². The van der Waals surface area contributed by atoms with Gasteiger partial charge in [-0.25, -0.2) is 0 Å². The van der Waals surface area contributed by atoms with E-state index in [2.05, 4.69) is 57.4 Å². The number of hydrazine groups is 1. The van der Waals surface area contributed by atoms with E-state index in [1.807, 2.05) is 0 Å². The summed E-state index contributed by atoms with van der Waals surface area (Å²) >= 11 is 0. The van der Waals surface area contributed by atoms with E-state index in [1.165, 1.54) is 11.1 Å². The molecule has 1 rings (SSSR count). The Morgan fingerprint density at radius 1 is 1.25 bits per heavy atom. The van der Waals surface area contributed by atoms with Gasteiger partial charge in [-0.3, -0.25) is 11.3 Å². The predicted octanol–water partition coefficient (Wildman–Crippen LogP) is 2.81. The normalized spacial score (nSPS) is 13.8. The summed E-state index contributed by atoms with van der Waals surface area (Å²) in [6.45, 7) is 8.89. The van der Waals surface area contributed by atoms with E-state index in [0.717, 1.165) is 12.8 Å². The Morgan fingerprint density at radius 2 is 1.88 bits per heavy atom. The van der Waals surface area contributed by atoms with E-state index in [9.17, 15) is 0 Å². The predicted molar refractivity (Wildman–Crippen MR) is 70.1 cm³/mol. The Hall–Kier alpha value is -0.860. The van der Waals surface area contributed by atoms with Crippen molar-refractivity contribution in [3.05, 3.63) is 35.4 Å². The van der Waals surface area contributed by atoms with Crippen molar-refractivity contribution < 1.29 is 0 Å². The molecule has 0 aliphatic rings. The summed E-state index contributed by atoms with van der Waals surface area (Å²) in [5.41, 5.74) is 5.97. The minimum Gasteiger partial charge on any atom is -0.271 e. The largest absolute Gasteiger partial charge is 0.271 e. The molecule has 1 unspecified atom stereocenters. The average Bonchev–Trinajstić information content (AvgIpc) is 2.18. The second kappa shape index (κ2) is 5.46. The Bertz CT molecular complexity index is 326. The van der Waals surface area contributed by atoms with Crippen LogP contribution in [0.3, 0.4) is 0 Å². The summed E-state index contributed by atoms with van der Waals surface area (Å²) in [4.78, 5) is 0. The van der Waals surface area contributed by atoms with Crippen LogP contribution < -0.4 is 11.3 Å². The van der Waals surface area contributed by atoms with Gasteiger partial charge in [-0.2, -0.15) is 0 Å². The first-order valence-electron chi connectivity index (χ1n) is 5.93. The third-order valence-corrected chi connectivity index (χ3v) is 2.82. The molecule has 0 fully saturated rings. The SMILES string of the molecule is Cc1ccccc1CC(CC(C)(C)C)NN. The monoisotopic (exact) mass is 220 g/mol. The maximum atomic E-state index is 5.63. The van der Waals surface area contributed by atoms with Crippen LogP contribution in [0.4, 0.5) is 0 Å². The molecule has 0 spiro atoms. The maximum absolute atomic E-state index is 5.63. The van der Waals surface area contributed by atoms with Crippen LogP contribution in [0.25, 0.3) is 0 Å². The molecule has 0 heterocycles. The van der Waals surface area contributed by atoms with Crippen LogP contribution in [0.1, 0.15) is 38.3 Å². The molecule has 1 aromatic rings. The molecule has 90 valence electrons. The first-order valence-corrected chi connectivity index (χ1v) is 5.93. The van der Waals surface area contributed by atoms with Gasteiger partial charge in [0, 0.05) is 6.04 Å². The molecule has 2 heteroatoms. The third kappa shape index (κ3) is 4.33. The van der Waals surface area contributed by atoms with E-state index in [0.29, 0.717) is 11.5 Å². The average molecular weight is 220 g/mol. The van der Waals surface area contributed by atoms with Crippen molar-refractivity contribution in [2.75, 3.05) is 0 Å². The van der Waals surface area contributed by atoms with E-state index in [-0.39, 0.29) is 0 Å². The number of aryl methyl sites for hydroxylation is 1. The molecule has 0 aromatic heterocycles. The molecule has 0 radical (unpaired) electrons. The Kier molecular flexibility index (Phi) is 4.51. The van der Waals surface area contributed by atoms with Crippen molar-refractivity contribution in [2.24, 2.45) is 11.3 Å². The molecular weight excluding hydrogens is 196 g/mol. The zero-order valence-electron chi connectivity index (χ0n) is 10.9. The fourth-order valence-electron chi connectivity index (χ4n) is 2.03. The molecule has 0 saturated heterocycles. The summed E-state index contributed by atoms with van der Waals surface area (Å²) in [7, 11) is 0.